The number of fused-ring (bicyclic) bond motifs is 5. The first-order valence-corrected chi connectivity index (χ1v) is 14.1. The summed E-state index contributed by atoms with van der Waals surface area (Å²) in [4.78, 5) is 51.2. The highest BCUT2D eigenvalue weighted by atomic mass is 32.2. The molecule has 1 saturated heterocycles. The maximum Gasteiger partial charge on any atom is 0.319 e. The molecule has 7 nitrogen and oxygen atoms in total. The van der Waals surface area contributed by atoms with Crippen molar-refractivity contribution >= 4 is 34.6 Å². The Bertz CT molecular complexity index is 1120. The van der Waals surface area contributed by atoms with Crippen LogP contribution in [0.3, 0.4) is 0 Å². The van der Waals surface area contributed by atoms with Crippen LogP contribution in [-0.2, 0) is 28.7 Å². The van der Waals surface area contributed by atoms with E-state index in [1.165, 1.54) is 12.2 Å². The normalized spacial score (nSPS) is 46.4. The zero-order valence-electron chi connectivity index (χ0n) is 21.8. The van der Waals surface area contributed by atoms with Crippen LogP contribution in [0.15, 0.2) is 23.8 Å². The summed E-state index contributed by atoms with van der Waals surface area (Å²) in [7, 11) is 0. The summed E-state index contributed by atoms with van der Waals surface area (Å²) in [6, 6.07) is 0. The summed E-state index contributed by atoms with van der Waals surface area (Å²) >= 11 is 0.845. The van der Waals surface area contributed by atoms with Crippen LogP contribution >= 0.6 is 11.8 Å². The van der Waals surface area contributed by atoms with E-state index < -0.39 is 62.3 Å². The predicted octanol–water partition coefficient (Wildman–Crippen LogP) is 3.87. The standard InChI is InChI=1S/C28H35FO7S/c1-5-22(32)36-28(24(34)37-20-9-11-35-23(20)33)15(2)12-19-18-7-6-16-13-17(30)8-10-25(16,3)27(18,29)21(31)14-26(19,28)4/h8,10,13,15,18-21,31H,5-7,9,11-12,14H2,1-4H3/t15-,18-,19-,20?,21-,25-,26-,27-,28-/m0/s1. The number of ketones is 1. The van der Waals surface area contributed by atoms with Crippen LogP contribution in [0.2, 0.25) is 0 Å². The van der Waals surface area contributed by atoms with Crippen LogP contribution < -0.4 is 0 Å². The average Bonchev–Trinajstić information content (AvgIpc) is 3.34. The number of hydrogen-bond acceptors (Lipinski definition) is 8. The van der Waals surface area contributed by atoms with Gasteiger partial charge in [0.1, 0.15) is 5.25 Å². The molecule has 5 rings (SSSR count). The fourth-order valence-corrected chi connectivity index (χ4v) is 9.57. The monoisotopic (exact) mass is 534 g/mol. The second-order valence-corrected chi connectivity index (χ2v) is 13.0. The van der Waals surface area contributed by atoms with Crippen LogP contribution in [-0.4, -0.2) is 57.2 Å². The van der Waals surface area contributed by atoms with Gasteiger partial charge in [0, 0.05) is 35.5 Å². The van der Waals surface area contributed by atoms with Gasteiger partial charge in [-0.25, -0.2) is 4.39 Å². The molecule has 3 saturated carbocycles. The number of aliphatic hydroxyl groups is 1. The van der Waals surface area contributed by atoms with Gasteiger partial charge in [-0.05, 0) is 50.7 Å². The van der Waals surface area contributed by atoms with Crippen LogP contribution in [0.25, 0.3) is 0 Å². The predicted molar refractivity (Wildman–Crippen MR) is 134 cm³/mol. The fourth-order valence-electron chi connectivity index (χ4n) is 8.28. The first kappa shape index (κ1) is 26.6. The summed E-state index contributed by atoms with van der Waals surface area (Å²) in [6.07, 6.45) is 4.73. The number of carbonyl (C=O) groups excluding carboxylic acids is 4. The molecule has 4 aliphatic carbocycles. The molecule has 1 unspecified atom stereocenters. The van der Waals surface area contributed by atoms with Crippen molar-refractivity contribution in [2.45, 2.75) is 88.8 Å². The molecule has 202 valence electrons. The van der Waals surface area contributed by atoms with Gasteiger partial charge in [-0.3, -0.25) is 19.2 Å². The highest BCUT2D eigenvalue weighted by molar-refractivity contribution is 8.14. The molecule has 1 N–H and O–H groups in total. The molecule has 0 spiro atoms. The van der Waals surface area contributed by atoms with Crippen molar-refractivity contribution in [3.63, 3.8) is 0 Å². The summed E-state index contributed by atoms with van der Waals surface area (Å²) in [5.41, 5.74) is -5.17. The lowest BCUT2D eigenvalue weighted by molar-refractivity contribution is -0.225. The van der Waals surface area contributed by atoms with E-state index in [1.807, 2.05) is 13.8 Å². The van der Waals surface area contributed by atoms with E-state index in [0.29, 0.717) is 31.3 Å². The molecule has 9 heteroatoms. The quantitative estimate of drug-likeness (QED) is 0.542. The largest absolute Gasteiger partial charge is 0.465 e. The summed E-state index contributed by atoms with van der Waals surface area (Å²) < 4.78 is 28.6. The van der Waals surface area contributed by atoms with Gasteiger partial charge >= 0.3 is 11.9 Å². The summed E-state index contributed by atoms with van der Waals surface area (Å²) in [6.45, 7) is 7.31. The number of esters is 2. The number of thioether (sulfide) groups is 1. The third-order valence-corrected chi connectivity index (χ3v) is 11.4. The Morgan fingerprint density at radius 3 is 2.62 bits per heavy atom. The van der Waals surface area contributed by atoms with Gasteiger partial charge in [0.2, 0.25) is 5.12 Å². The molecular weight excluding hydrogens is 499 g/mol. The maximum absolute atomic E-state index is 17.4. The van der Waals surface area contributed by atoms with E-state index in [1.54, 1.807) is 19.9 Å². The number of cyclic esters (lactones) is 1. The lowest BCUT2D eigenvalue weighted by atomic mass is 9.45. The van der Waals surface area contributed by atoms with E-state index in [4.69, 9.17) is 9.47 Å². The Hall–Kier alpha value is -2.00. The molecule has 0 bridgehead atoms. The average molecular weight is 535 g/mol. The van der Waals surface area contributed by atoms with Gasteiger partial charge in [-0.15, -0.1) is 0 Å². The molecule has 9 atom stereocenters. The van der Waals surface area contributed by atoms with Gasteiger partial charge < -0.3 is 14.6 Å². The topological polar surface area (TPSA) is 107 Å². The number of halogens is 1. The Morgan fingerprint density at radius 2 is 1.97 bits per heavy atom. The summed E-state index contributed by atoms with van der Waals surface area (Å²) in [5.74, 6) is -2.61. The van der Waals surface area contributed by atoms with E-state index in [9.17, 15) is 24.3 Å². The first-order chi connectivity index (χ1) is 17.3. The fraction of sp³-hybridized carbons (Fsp3) is 0.714. The van der Waals surface area contributed by atoms with Crippen molar-refractivity contribution < 1.29 is 38.1 Å². The molecule has 0 aromatic carbocycles. The van der Waals surface area contributed by atoms with Gasteiger partial charge in [-0.1, -0.05) is 44.2 Å². The minimum Gasteiger partial charge on any atom is -0.465 e. The third kappa shape index (κ3) is 3.41. The number of carbonyl (C=O) groups is 4. The van der Waals surface area contributed by atoms with Gasteiger partial charge in [0.25, 0.3) is 0 Å². The van der Waals surface area contributed by atoms with Crippen LogP contribution in [0.5, 0.6) is 0 Å². The van der Waals surface area contributed by atoms with Crippen LogP contribution in [0.1, 0.15) is 66.2 Å². The van der Waals surface area contributed by atoms with E-state index in [0.717, 1.165) is 11.8 Å². The minimum absolute atomic E-state index is 0.0582. The second kappa shape index (κ2) is 8.76. The Kier molecular flexibility index (Phi) is 6.30. The van der Waals surface area contributed by atoms with Crippen LogP contribution in [0, 0.1) is 28.6 Å². The molecule has 0 aromatic heterocycles. The van der Waals surface area contributed by atoms with Crippen molar-refractivity contribution in [2.75, 3.05) is 6.61 Å². The lowest BCUT2D eigenvalue weighted by Gasteiger charge is -2.62. The zero-order valence-corrected chi connectivity index (χ0v) is 22.6. The van der Waals surface area contributed by atoms with Crippen molar-refractivity contribution in [1.29, 1.82) is 0 Å². The smallest absolute Gasteiger partial charge is 0.319 e. The maximum atomic E-state index is 17.4. The Labute approximate surface area is 220 Å². The molecule has 4 fully saturated rings. The molecule has 37 heavy (non-hydrogen) atoms. The van der Waals surface area contributed by atoms with Crippen molar-refractivity contribution in [3.05, 3.63) is 23.8 Å². The SMILES string of the molecule is CCC(=O)O[C@]1(C(=O)SC2CCOC2=O)[C@@H](C)C[C@H]2[C@@H]3CCC4=CC(=O)C=C[C@]4(C)[C@@]3(F)[C@@H](O)C[C@@]21C. The Balaban J connectivity index is 1.59. The number of alkyl halides is 1. The third-order valence-electron chi connectivity index (χ3n) is 10.2. The molecule has 1 heterocycles. The minimum atomic E-state index is -2.05. The van der Waals surface area contributed by atoms with Gasteiger partial charge in [0.05, 0.1) is 12.7 Å². The molecule has 1 aliphatic heterocycles. The van der Waals surface area contributed by atoms with E-state index in [2.05, 4.69) is 0 Å². The number of aliphatic hydroxyl groups excluding tert-OH is 1. The van der Waals surface area contributed by atoms with Gasteiger partial charge in [-0.2, -0.15) is 0 Å². The van der Waals surface area contributed by atoms with Crippen molar-refractivity contribution in [3.8, 4) is 0 Å². The highest BCUT2D eigenvalue weighted by Crippen LogP contribution is 2.72. The van der Waals surface area contributed by atoms with E-state index >= 15 is 4.39 Å². The Morgan fingerprint density at radius 1 is 1.24 bits per heavy atom. The number of hydrogen-bond donors (Lipinski definition) is 1. The molecule has 5 aliphatic rings. The van der Waals surface area contributed by atoms with Crippen molar-refractivity contribution in [1.82, 2.24) is 0 Å². The molecule has 0 aromatic rings. The summed E-state index contributed by atoms with van der Waals surface area (Å²) in [5, 5.41) is 10.5. The highest BCUT2D eigenvalue weighted by Gasteiger charge is 2.77. The number of rotatable bonds is 4. The van der Waals surface area contributed by atoms with E-state index in [-0.39, 0.29) is 31.1 Å². The lowest BCUT2D eigenvalue weighted by Crippen LogP contribution is -2.69. The van der Waals surface area contributed by atoms with Crippen molar-refractivity contribution in [2.24, 2.45) is 28.6 Å². The van der Waals surface area contributed by atoms with Crippen LogP contribution in [0.4, 0.5) is 4.39 Å². The second-order valence-electron chi connectivity index (χ2n) is 11.8. The molecular formula is C28H35FO7S. The first-order valence-electron chi connectivity index (χ1n) is 13.3. The molecule has 0 amide bonds. The number of ether oxygens (including phenoxy) is 2. The zero-order chi connectivity index (χ0) is 27.0. The molecule has 0 radical (unpaired) electrons. The number of allylic oxidation sites excluding steroid dienone is 4. The van der Waals surface area contributed by atoms with Gasteiger partial charge in [0.15, 0.2) is 17.1 Å².